The molecule has 1 fully saturated rings. The van der Waals surface area contributed by atoms with E-state index in [0.29, 0.717) is 6.42 Å². The number of aliphatic hydroxyl groups is 3. The first-order chi connectivity index (χ1) is 5.46. The van der Waals surface area contributed by atoms with Crippen LogP contribution in [0.15, 0.2) is 0 Å². The molecule has 0 aromatic heterocycles. The number of ether oxygens (including phenoxy) is 1. The summed E-state index contributed by atoms with van der Waals surface area (Å²) >= 11 is 0. The van der Waals surface area contributed by atoms with Gasteiger partial charge in [0.15, 0.2) is 0 Å². The van der Waals surface area contributed by atoms with Gasteiger partial charge in [-0.2, -0.15) is 0 Å². The van der Waals surface area contributed by atoms with Gasteiger partial charge in [0, 0.05) is 6.42 Å². The van der Waals surface area contributed by atoms with Crippen molar-refractivity contribution in [3.63, 3.8) is 0 Å². The molecule has 0 aromatic rings. The van der Waals surface area contributed by atoms with Crippen LogP contribution in [0.25, 0.3) is 0 Å². The third-order valence-corrected chi connectivity index (χ3v) is 2.13. The molecule has 0 aromatic carbocycles. The standard InChI is InChI=1S/C8H16O4/c1-8(2)3-5(10)7(11)6(4-9)12-8/h5-7,9-11H,3-4H2,1-2H3. The zero-order chi connectivity index (χ0) is 9.35. The van der Waals surface area contributed by atoms with Gasteiger partial charge in [-0.1, -0.05) is 0 Å². The monoisotopic (exact) mass is 176 g/mol. The molecule has 3 atom stereocenters. The lowest BCUT2D eigenvalue weighted by atomic mass is 9.91. The molecule has 0 saturated carbocycles. The lowest BCUT2D eigenvalue weighted by molar-refractivity contribution is -0.211. The van der Waals surface area contributed by atoms with Crippen LogP contribution in [0.5, 0.6) is 0 Å². The zero-order valence-electron chi connectivity index (χ0n) is 7.40. The molecule has 4 heteroatoms. The van der Waals surface area contributed by atoms with Crippen LogP contribution in [0.4, 0.5) is 0 Å². The quantitative estimate of drug-likeness (QED) is 0.492. The van der Waals surface area contributed by atoms with Crippen molar-refractivity contribution in [2.24, 2.45) is 0 Å². The van der Waals surface area contributed by atoms with E-state index in [9.17, 15) is 10.2 Å². The van der Waals surface area contributed by atoms with Gasteiger partial charge in [0.25, 0.3) is 0 Å². The Hall–Kier alpha value is -0.160. The number of rotatable bonds is 1. The molecule has 4 nitrogen and oxygen atoms in total. The van der Waals surface area contributed by atoms with E-state index in [0.717, 1.165) is 0 Å². The van der Waals surface area contributed by atoms with Gasteiger partial charge in [0.1, 0.15) is 12.2 Å². The SMILES string of the molecule is CC1(C)CC(O)C(O)C(CO)O1. The van der Waals surface area contributed by atoms with Crippen LogP contribution in [0.3, 0.4) is 0 Å². The maximum Gasteiger partial charge on any atom is 0.110 e. The zero-order valence-corrected chi connectivity index (χ0v) is 7.40. The van der Waals surface area contributed by atoms with Crippen molar-refractivity contribution in [1.82, 2.24) is 0 Å². The lowest BCUT2D eigenvalue weighted by Gasteiger charge is -2.41. The molecule has 1 rings (SSSR count). The average Bonchev–Trinajstić information content (AvgIpc) is 1.96. The number of hydrogen-bond acceptors (Lipinski definition) is 4. The summed E-state index contributed by atoms with van der Waals surface area (Å²) in [5.74, 6) is 0. The Balaban J connectivity index is 2.65. The van der Waals surface area contributed by atoms with Crippen molar-refractivity contribution in [2.75, 3.05) is 6.61 Å². The predicted octanol–water partition coefficient (Wildman–Crippen LogP) is -0.732. The van der Waals surface area contributed by atoms with Gasteiger partial charge in [-0.15, -0.1) is 0 Å². The second-order valence-corrected chi connectivity index (χ2v) is 3.86. The first kappa shape index (κ1) is 9.92. The molecule has 0 bridgehead atoms. The molecule has 1 aliphatic heterocycles. The fourth-order valence-corrected chi connectivity index (χ4v) is 1.55. The van der Waals surface area contributed by atoms with Crippen molar-refractivity contribution in [2.45, 2.75) is 44.2 Å². The summed E-state index contributed by atoms with van der Waals surface area (Å²) in [6.45, 7) is 3.39. The first-order valence-electron chi connectivity index (χ1n) is 4.11. The van der Waals surface area contributed by atoms with Crippen LogP contribution in [0, 0.1) is 0 Å². The lowest BCUT2D eigenvalue weighted by Crippen LogP contribution is -2.53. The number of hydrogen-bond donors (Lipinski definition) is 3. The van der Waals surface area contributed by atoms with Crippen molar-refractivity contribution in [3.8, 4) is 0 Å². The second kappa shape index (κ2) is 3.30. The molecule has 1 aliphatic rings. The van der Waals surface area contributed by atoms with E-state index in [1.807, 2.05) is 13.8 Å². The molecule has 1 heterocycles. The Morgan fingerprint density at radius 2 is 2.00 bits per heavy atom. The molecule has 0 aliphatic carbocycles. The van der Waals surface area contributed by atoms with Gasteiger partial charge in [-0.25, -0.2) is 0 Å². The summed E-state index contributed by atoms with van der Waals surface area (Å²) in [6, 6.07) is 0. The third-order valence-electron chi connectivity index (χ3n) is 2.13. The van der Waals surface area contributed by atoms with Crippen molar-refractivity contribution in [3.05, 3.63) is 0 Å². The van der Waals surface area contributed by atoms with E-state index in [4.69, 9.17) is 9.84 Å². The highest BCUT2D eigenvalue weighted by Gasteiger charge is 2.40. The minimum absolute atomic E-state index is 0.262. The summed E-state index contributed by atoms with van der Waals surface area (Å²) in [6.07, 6.45) is -2.04. The molecule has 3 unspecified atom stereocenters. The Labute approximate surface area is 71.8 Å². The van der Waals surface area contributed by atoms with Crippen LogP contribution in [0.2, 0.25) is 0 Å². The van der Waals surface area contributed by atoms with E-state index in [2.05, 4.69) is 0 Å². The van der Waals surface area contributed by atoms with Crippen LogP contribution < -0.4 is 0 Å². The third kappa shape index (κ3) is 1.95. The Morgan fingerprint density at radius 1 is 1.42 bits per heavy atom. The largest absolute Gasteiger partial charge is 0.394 e. The summed E-state index contributed by atoms with van der Waals surface area (Å²) in [5, 5.41) is 27.5. The summed E-state index contributed by atoms with van der Waals surface area (Å²) in [4.78, 5) is 0. The fraction of sp³-hybridized carbons (Fsp3) is 1.00. The Bertz CT molecular complexity index is 157. The normalized spacial score (nSPS) is 41.2. The van der Waals surface area contributed by atoms with Gasteiger partial charge >= 0.3 is 0 Å². The minimum Gasteiger partial charge on any atom is -0.394 e. The summed E-state index contributed by atoms with van der Waals surface area (Å²) in [7, 11) is 0. The smallest absolute Gasteiger partial charge is 0.110 e. The van der Waals surface area contributed by atoms with E-state index in [1.54, 1.807) is 0 Å². The molecular weight excluding hydrogens is 160 g/mol. The highest BCUT2D eigenvalue weighted by Crippen LogP contribution is 2.28. The maximum atomic E-state index is 9.37. The molecule has 72 valence electrons. The first-order valence-corrected chi connectivity index (χ1v) is 4.11. The molecule has 0 radical (unpaired) electrons. The maximum absolute atomic E-state index is 9.37. The van der Waals surface area contributed by atoms with Crippen LogP contribution >= 0.6 is 0 Å². The van der Waals surface area contributed by atoms with E-state index >= 15 is 0 Å². The second-order valence-electron chi connectivity index (χ2n) is 3.86. The van der Waals surface area contributed by atoms with E-state index in [1.165, 1.54) is 0 Å². The minimum atomic E-state index is -0.969. The number of aliphatic hydroxyl groups excluding tert-OH is 3. The fourth-order valence-electron chi connectivity index (χ4n) is 1.55. The van der Waals surface area contributed by atoms with Gasteiger partial charge < -0.3 is 20.1 Å². The van der Waals surface area contributed by atoms with E-state index in [-0.39, 0.29) is 6.61 Å². The van der Waals surface area contributed by atoms with Gasteiger partial charge in [0.2, 0.25) is 0 Å². The van der Waals surface area contributed by atoms with Gasteiger partial charge in [-0.05, 0) is 13.8 Å². The average molecular weight is 176 g/mol. The van der Waals surface area contributed by atoms with Gasteiger partial charge in [-0.3, -0.25) is 0 Å². The Morgan fingerprint density at radius 3 is 2.50 bits per heavy atom. The summed E-state index contributed by atoms with van der Waals surface area (Å²) in [5.41, 5.74) is -0.466. The van der Waals surface area contributed by atoms with Crippen molar-refractivity contribution >= 4 is 0 Å². The topological polar surface area (TPSA) is 69.9 Å². The molecule has 3 N–H and O–H groups in total. The summed E-state index contributed by atoms with van der Waals surface area (Å²) < 4.78 is 5.35. The molecular formula is C8H16O4. The van der Waals surface area contributed by atoms with E-state index < -0.39 is 23.9 Å². The van der Waals surface area contributed by atoms with Crippen molar-refractivity contribution < 1.29 is 20.1 Å². The Kier molecular flexibility index (Phi) is 2.73. The predicted molar refractivity (Wildman–Crippen MR) is 42.7 cm³/mol. The highest BCUT2D eigenvalue weighted by molar-refractivity contribution is 4.89. The van der Waals surface area contributed by atoms with Crippen LogP contribution in [0.1, 0.15) is 20.3 Å². The molecule has 1 saturated heterocycles. The molecule has 0 spiro atoms. The van der Waals surface area contributed by atoms with Crippen LogP contribution in [-0.4, -0.2) is 45.8 Å². The van der Waals surface area contributed by atoms with Gasteiger partial charge in [0.05, 0.1) is 18.3 Å². The molecule has 12 heavy (non-hydrogen) atoms. The highest BCUT2D eigenvalue weighted by atomic mass is 16.5. The van der Waals surface area contributed by atoms with Crippen LogP contribution in [-0.2, 0) is 4.74 Å². The van der Waals surface area contributed by atoms with Crippen molar-refractivity contribution in [1.29, 1.82) is 0 Å². The molecule has 0 amide bonds.